The van der Waals surface area contributed by atoms with E-state index in [1.54, 1.807) is 0 Å². The molecule has 0 heterocycles. The quantitative estimate of drug-likeness (QED) is 0.281. The van der Waals surface area contributed by atoms with Crippen molar-refractivity contribution in [3.8, 4) is 0 Å². The zero-order chi connectivity index (χ0) is 3.41. The lowest BCUT2D eigenvalue weighted by molar-refractivity contribution is 1.07. The molecule has 0 amide bonds. The molecular formula is CH5ClN2S. The van der Waals surface area contributed by atoms with Crippen LogP contribution in [0.5, 0.6) is 0 Å². The maximum absolute atomic E-state index is 4.62. The molecule has 0 bridgehead atoms. The van der Waals surface area contributed by atoms with Gasteiger partial charge in [-0.2, -0.15) is 0 Å². The smallest absolute Gasteiger partial charge is 0.0755 e. The molecule has 0 atom stereocenters. The molecule has 32 valence electrons. The first-order valence-electron chi connectivity index (χ1n) is 0.813. The minimum atomic E-state index is 0. The number of hydrazine groups is 1. The number of nitrogens with two attached hydrogens (primary N) is 1. The highest BCUT2D eigenvalue weighted by atomic mass is 35.5. The molecule has 0 spiro atoms. The predicted octanol–water partition coefficient (Wildman–Crippen LogP) is -0.171. The average Bonchev–Trinajstić information content (AvgIpc) is 1.37. The summed E-state index contributed by atoms with van der Waals surface area (Å²) in [6, 6.07) is 0. The second kappa shape index (κ2) is 8.91. The Hall–Kier alpha value is 0.140. The maximum atomic E-state index is 4.62. The molecule has 0 saturated carbocycles. The second-order valence-corrected chi connectivity index (χ2v) is 0.520. The standard InChI is InChI=1S/CH4N2S.ClH/c2-3-1-4;/h1H,2H2,(H,3,4);1H. The number of halogens is 1. The van der Waals surface area contributed by atoms with Crippen molar-refractivity contribution in [2.24, 2.45) is 5.84 Å². The van der Waals surface area contributed by atoms with E-state index >= 15 is 0 Å². The van der Waals surface area contributed by atoms with Crippen LogP contribution in [0.1, 0.15) is 0 Å². The van der Waals surface area contributed by atoms with Crippen LogP contribution in [-0.4, -0.2) is 5.49 Å². The Bertz CT molecular complexity index is 23.6. The Labute approximate surface area is 42.1 Å². The fourth-order valence-electron chi connectivity index (χ4n) is 0. The van der Waals surface area contributed by atoms with Gasteiger partial charge in [-0.05, 0) is 0 Å². The first-order valence-corrected chi connectivity index (χ1v) is 1.28. The number of thiocarbonyl (C=S) groups is 1. The summed E-state index contributed by atoms with van der Waals surface area (Å²) in [6.45, 7) is 0. The van der Waals surface area contributed by atoms with Gasteiger partial charge in [-0.15, -0.1) is 12.4 Å². The van der Waals surface area contributed by atoms with Crippen LogP contribution in [0.4, 0.5) is 0 Å². The van der Waals surface area contributed by atoms with E-state index in [4.69, 9.17) is 0 Å². The first kappa shape index (κ1) is 8.94. The Kier molecular flexibility index (Phi) is 15.9. The van der Waals surface area contributed by atoms with Gasteiger partial charge in [0.2, 0.25) is 0 Å². The van der Waals surface area contributed by atoms with E-state index in [0.29, 0.717) is 0 Å². The van der Waals surface area contributed by atoms with Gasteiger partial charge in [0.25, 0.3) is 0 Å². The minimum Gasteiger partial charge on any atom is -0.321 e. The summed E-state index contributed by atoms with van der Waals surface area (Å²) >= 11 is 4.19. The van der Waals surface area contributed by atoms with Crippen LogP contribution in [0.25, 0.3) is 0 Å². The zero-order valence-corrected chi connectivity index (χ0v) is 4.10. The van der Waals surface area contributed by atoms with Crippen molar-refractivity contribution < 1.29 is 0 Å². The normalized spacial score (nSPS) is 4.20. The van der Waals surface area contributed by atoms with Crippen molar-refractivity contribution in [3.05, 3.63) is 0 Å². The van der Waals surface area contributed by atoms with Crippen LogP contribution in [0, 0.1) is 0 Å². The summed E-state index contributed by atoms with van der Waals surface area (Å²) in [5.74, 6) is 4.62. The third-order valence-corrected chi connectivity index (χ3v) is 0.204. The van der Waals surface area contributed by atoms with Crippen LogP contribution in [-0.2, 0) is 0 Å². The van der Waals surface area contributed by atoms with E-state index in [-0.39, 0.29) is 12.4 Å². The summed E-state index contributed by atoms with van der Waals surface area (Å²) in [7, 11) is 0. The van der Waals surface area contributed by atoms with Crippen molar-refractivity contribution in [1.82, 2.24) is 5.43 Å². The van der Waals surface area contributed by atoms with Gasteiger partial charge in [0.05, 0.1) is 5.49 Å². The van der Waals surface area contributed by atoms with E-state index in [1.807, 2.05) is 0 Å². The van der Waals surface area contributed by atoms with Gasteiger partial charge >= 0.3 is 0 Å². The summed E-state index contributed by atoms with van der Waals surface area (Å²) in [5.41, 5.74) is 3.36. The van der Waals surface area contributed by atoms with Gasteiger partial charge < -0.3 is 5.43 Å². The highest BCUT2D eigenvalue weighted by Gasteiger charge is 1.36. The summed E-state index contributed by atoms with van der Waals surface area (Å²) in [6.07, 6.45) is 0. The zero-order valence-electron chi connectivity index (χ0n) is 2.47. The fourth-order valence-corrected chi connectivity index (χ4v) is 0. The van der Waals surface area contributed by atoms with E-state index in [9.17, 15) is 0 Å². The molecule has 0 fully saturated rings. The van der Waals surface area contributed by atoms with Crippen LogP contribution in [0.15, 0.2) is 0 Å². The molecule has 2 nitrogen and oxygen atoms in total. The van der Waals surface area contributed by atoms with Crippen LogP contribution in [0.3, 0.4) is 0 Å². The van der Waals surface area contributed by atoms with Crippen LogP contribution < -0.4 is 11.3 Å². The molecule has 0 rings (SSSR count). The lowest BCUT2D eigenvalue weighted by Gasteiger charge is -1.70. The average molecular weight is 113 g/mol. The first-order chi connectivity index (χ1) is 1.91. The number of hydrogen-bond acceptors (Lipinski definition) is 2. The van der Waals surface area contributed by atoms with E-state index in [0.717, 1.165) is 0 Å². The van der Waals surface area contributed by atoms with Gasteiger partial charge in [0, 0.05) is 0 Å². The van der Waals surface area contributed by atoms with Crippen molar-refractivity contribution in [3.63, 3.8) is 0 Å². The SMILES string of the molecule is Cl.NNC=S. The van der Waals surface area contributed by atoms with E-state index in [2.05, 4.69) is 23.5 Å². The summed E-state index contributed by atoms with van der Waals surface area (Å²) in [5, 5.41) is 0. The number of nitrogens with one attached hydrogen (secondary N) is 1. The molecular weight excluding hydrogens is 108 g/mol. The van der Waals surface area contributed by atoms with Gasteiger partial charge in [-0.1, -0.05) is 12.2 Å². The topological polar surface area (TPSA) is 38.0 Å². The van der Waals surface area contributed by atoms with E-state index in [1.165, 1.54) is 5.49 Å². The van der Waals surface area contributed by atoms with Crippen molar-refractivity contribution in [1.29, 1.82) is 0 Å². The highest BCUT2D eigenvalue weighted by Crippen LogP contribution is 1.24. The predicted molar refractivity (Wildman–Crippen MR) is 28.2 cm³/mol. The van der Waals surface area contributed by atoms with Crippen LogP contribution in [0.2, 0.25) is 0 Å². The van der Waals surface area contributed by atoms with Gasteiger partial charge in [-0.3, -0.25) is 5.84 Å². The van der Waals surface area contributed by atoms with Gasteiger partial charge in [-0.25, -0.2) is 0 Å². The molecule has 4 heteroatoms. The molecule has 0 aromatic carbocycles. The Morgan fingerprint density at radius 1 is 1.80 bits per heavy atom. The molecule has 0 aliphatic rings. The molecule has 0 aromatic heterocycles. The minimum absolute atomic E-state index is 0. The second-order valence-electron chi connectivity index (χ2n) is 0.285. The fraction of sp³-hybridized carbons (Fsp3) is 0. The lowest BCUT2D eigenvalue weighted by Crippen LogP contribution is -2.17. The van der Waals surface area contributed by atoms with Crippen molar-refractivity contribution >= 4 is 30.1 Å². The lowest BCUT2D eigenvalue weighted by atomic mass is 11.5. The molecule has 0 aliphatic carbocycles. The molecule has 0 aliphatic heterocycles. The third-order valence-electron chi connectivity index (χ3n) is 0.0680. The third kappa shape index (κ3) is 14.6. The Morgan fingerprint density at radius 3 is 2.00 bits per heavy atom. The summed E-state index contributed by atoms with van der Waals surface area (Å²) < 4.78 is 0. The molecule has 3 N–H and O–H groups in total. The molecule has 0 saturated heterocycles. The maximum Gasteiger partial charge on any atom is 0.0755 e. The van der Waals surface area contributed by atoms with Gasteiger partial charge in [0.15, 0.2) is 0 Å². The summed E-state index contributed by atoms with van der Waals surface area (Å²) in [4.78, 5) is 0. The molecule has 5 heavy (non-hydrogen) atoms. The number of rotatable bonds is 1. The highest BCUT2D eigenvalue weighted by molar-refractivity contribution is 7.78. The van der Waals surface area contributed by atoms with E-state index < -0.39 is 0 Å². The molecule has 0 radical (unpaired) electrons. The van der Waals surface area contributed by atoms with Crippen molar-refractivity contribution in [2.75, 3.05) is 0 Å². The monoisotopic (exact) mass is 112 g/mol. The molecule has 0 aromatic rings. The Morgan fingerprint density at radius 2 is 2.00 bits per heavy atom. The molecule has 0 unspecified atom stereocenters. The van der Waals surface area contributed by atoms with Gasteiger partial charge in [0.1, 0.15) is 0 Å². The van der Waals surface area contributed by atoms with Crippen molar-refractivity contribution in [2.45, 2.75) is 0 Å². The number of hydrogen-bond donors (Lipinski definition) is 2. The Balaban J connectivity index is 0. The van der Waals surface area contributed by atoms with Crippen LogP contribution >= 0.6 is 24.6 Å². The largest absolute Gasteiger partial charge is 0.321 e.